The molecule has 5 heteroatoms. The minimum atomic E-state index is -2.60. The fourth-order valence-electron chi connectivity index (χ4n) is 1.05. The van der Waals surface area contributed by atoms with Gasteiger partial charge < -0.3 is 0 Å². The molecule has 0 heterocycles. The van der Waals surface area contributed by atoms with E-state index in [2.05, 4.69) is 11.8 Å². The molecule has 0 amide bonds. The van der Waals surface area contributed by atoms with Crippen LogP contribution in [0.1, 0.15) is 45.4 Å². The van der Waals surface area contributed by atoms with Crippen LogP contribution in [0.4, 0.5) is 0 Å². The summed E-state index contributed by atoms with van der Waals surface area (Å²) in [5.74, 6) is 0. The average Bonchev–Trinajstić information content (AvgIpc) is 2.09. The second-order valence-corrected chi connectivity index (χ2v) is 3.66. The lowest BCUT2D eigenvalue weighted by molar-refractivity contribution is 0.0922. The summed E-state index contributed by atoms with van der Waals surface area (Å²) >= 11 is 0. The molecule has 0 bridgehead atoms. The summed E-state index contributed by atoms with van der Waals surface area (Å²) in [5, 5.41) is 0. The molecule has 80 valence electrons. The monoisotopic (exact) mass is 209 g/mol. The first-order valence-corrected chi connectivity index (χ1v) is 5.97. The predicted octanol–water partition coefficient (Wildman–Crippen LogP) is 1.39. The Morgan fingerprint density at radius 1 is 1.08 bits per heavy atom. The van der Waals surface area contributed by atoms with Crippen LogP contribution in [0.25, 0.3) is 0 Å². The molecule has 0 radical (unpaired) electrons. The predicted molar refractivity (Wildman–Crippen MR) is 52.8 cm³/mol. The molecular weight excluding hydrogens is 190 g/mol. The zero-order valence-electron chi connectivity index (χ0n) is 8.12. The smallest absolute Gasteiger partial charge is 0.223 e. The van der Waals surface area contributed by atoms with E-state index < -0.39 is 10.9 Å². The highest BCUT2D eigenvalue weighted by molar-refractivity contribution is 7.70. The highest BCUT2D eigenvalue weighted by Crippen LogP contribution is 2.04. The summed E-state index contributed by atoms with van der Waals surface area (Å²) in [5.41, 5.74) is 0. The van der Waals surface area contributed by atoms with Crippen molar-refractivity contribution in [1.29, 1.82) is 0 Å². The fourth-order valence-corrected chi connectivity index (χ4v) is 1.25. The molecule has 0 spiro atoms. The van der Waals surface area contributed by atoms with Crippen LogP contribution in [-0.4, -0.2) is 15.0 Å². The van der Waals surface area contributed by atoms with E-state index >= 15 is 0 Å². The van der Waals surface area contributed by atoms with Gasteiger partial charge in [0.15, 0.2) is 0 Å². The van der Waals surface area contributed by atoms with Gasteiger partial charge in [-0.3, -0.25) is 4.84 Å². The number of hydrogen-bond donors (Lipinski definition) is 2. The quantitative estimate of drug-likeness (QED) is 0.343. The van der Waals surface area contributed by atoms with Crippen LogP contribution < -0.4 is 4.89 Å². The van der Waals surface area contributed by atoms with Crippen LogP contribution >= 0.6 is 0 Å². The van der Waals surface area contributed by atoms with Crippen LogP contribution in [-0.2, 0) is 15.7 Å². The minimum absolute atomic E-state index is 0.468. The number of rotatable bonds is 9. The molecule has 0 aliphatic heterocycles. The van der Waals surface area contributed by atoms with E-state index in [0.29, 0.717) is 6.61 Å². The maximum absolute atomic E-state index is 9.97. The SMILES string of the molecule is CCCCCCCCON[SH](=O)=O. The summed E-state index contributed by atoms with van der Waals surface area (Å²) in [4.78, 5) is 6.56. The maximum Gasteiger partial charge on any atom is 0.223 e. The topological polar surface area (TPSA) is 55.4 Å². The molecule has 1 N–H and O–H groups in total. The van der Waals surface area contributed by atoms with Crippen LogP contribution in [0.3, 0.4) is 0 Å². The van der Waals surface area contributed by atoms with Gasteiger partial charge in [0, 0.05) is 0 Å². The molecule has 0 saturated carbocycles. The Morgan fingerprint density at radius 2 is 1.69 bits per heavy atom. The fraction of sp³-hybridized carbons (Fsp3) is 1.00. The second kappa shape index (κ2) is 9.95. The zero-order valence-corrected chi connectivity index (χ0v) is 9.02. The third-order valence-electron chi connectivity index (χ3n) is 1.74. The standard InChI is InChI=1S/C8H19NO3S/c1-2-3-4-5-6-7-8-12-9-13(10)11/h13H,2-8H2,1H3,(H,9,10,11). The molecule has 0 aromatic carbocycles. The van der Waals surface area contributed by atoms with Crippen LogP contribution in [0.2, 0.25) is 0 Å². The molecule has 0 rings (SSSR count). The van der Waals surface area contributed by atoms with E-state index in [1.165, 1.54) is 25.7 Å². The van der Waals surface area contributed by atoms with Crippen LogP contribution in [0, 0.1) is 0 Å². The van der Waals surface area contributed by atoms with Crippen molar-refractivity contribution in [3.8, 4) is 0 Å². The third kappa shape index (κ3) is 11.9. The first kappa shape index (κ1) is 12.9. The average molecular weight is 209 g/mol. The summed E-state index contributed by atoms with van der Waals surface area (Å²) in [6.07, 6.45) is 7.03. The van der Waals surface area contributed by atoms with Crippen molar-refractivity contribution in [2.75, 3.05) is 6.61 Å². The highest BCUT2D eigenvalue weighted by Gasteiger charge is 1.90. The van der Waals surface area contributed by atoms with E-state index in [9.17, 15) is 8.42 Å². The largest absolute Gasteiger partial charge is 0.287 e. The summed E-state index contributed by atoms with van der Waals surface area (Å²) < 4.78 is 19.9. The van der Waals surface area contributed by atoms with Gasteiger partial charge >= 0.3 is 0 Å². The van der Waals surface area contributed by atoms with Crippen molar-refractivity contribution < 1.29 is 13.3 Å². The normalized spacial score (nSPS) is 10.9. The molecule has 0 aromatic heterocycles. The van der Waals surface area contributed by atoms with Crippen molar-refractivity contribution in [1.82, 2.24) is 4.89 Å². The van der Waals surface area contributed by atoms with Gasteiger partial charge in [0.05, 0.1) is 6.61 Å². The number of thiol groups is 1. The molecule has 0 aliphatic carbocycles. The molecule has 0 unspecified atom stereocenters. The molecular formula is C8H19NO3S. The van der Waals surface area contributed by atoms with E-state index in [-0.39, 0.29) is 0 Å². The van der Waals surface area contributed by atoms with E-state index in [0.717, 1.165) is 12.8 Å². The minimum Gasteiger partial charge on any atom is -0.287 e. The first-order chi connectivity index (χ1) is 6.27. The van der Waals surface area contributed by atoms with Gasteiger partial charge in [0.2, 0.25) is 10.9 Å². The van der Waals surface area contributed by atoms with Gasteiger partial charge in [0.1, 0.15) is 0 Å². The molecule has 0 fully saturated rings. The molecule has 13 heavy (non-hydrogen) atoms. The Hall–Kier alpha value is -0.130. The van der Waals surface area contributed by atoms with Gasteiger partial charge in [-0.1, -0.05) is 43.9 Å². The second-order valence-electron chi connectivity index (χ2n) is 2.96. The third-order valence-corrected chi connectivity index (χ3v) is 2.02. The van der Waals surface area contributed by atoms with Crippen molar-refractivity contribution in [3.63, 3.8) is 0 Å². The number of unbranched alkanes of at least 4 members (excludes halogenated alkanes) is 5. The first-order valence-electron chi connectivity index (χ1n) is 4.79. The Morgan fingerprint density at radius 3 is 2.31 bits per heavy atom. The van der Waals surface area contributed by atoms with Crippen LogP contribution in [0.15, 0.2) is 0 Å². The highest BCUT2D eigenvalue weighted by atomic mass is 32.2. The zero-order chi connectivity index (χ0) is 9.94. The summed E-state index contributed by atoms with van der Waals surface area (Å²) in [7, 11) is -2.60. The van der Waals surface area contributed by atoms with Crippen molar-refractivity contribution >= 4 is 10.9 Å². The lowest BCUT2D eigenvalue weighted by Gasteiger charge is -2.00. The molecule has 0 aliphatic rings. The van der Waals surface area contributed by atoms with E-state index in [1.54, 1.807) is 0 Å². The van der Waals surface area contributed by atoms with Gasteiger partial charge in [0.25, 0.3) is 0 Å². The molecule has 0 aromatic rings. The van der Waals surface area contributed by atoms with Crippen LogP contribution in [0.5, 0.6) is 0 Å². The number of hydrogen-bond acceptors (Lipinski definition) is 3. The summed E-state index contributed by atoms with van der Waals surface area (Å²) in [6.45, 7) is 2.65. The molecule has 0 saturated heterocycles. The van der Waals surface area contributed by atoms with E-state index in [4.69, 9.17) is 0 Å². The van der Waals surface area contributed by atoms with Crippen molar-refractivity contribution in [3.05, 3.63) is 0 Å². The van der Waals surface area contributed by atoms with Gasteiger partial charge in [-0.2, -0.15) is 0 Å². The van der Waals surface area contributed by atoms with Gasteiger partial charge in [-0.25, -0.2) is 8.42 Å². The Kier molecular flexibility index (Phi) is 9.85. The summed E-state index contributed by atoms with van der Waals surface area (Å²) in [6, 6.07) is 0. The van der Waals surface area contributed by atoms with Crippen molar-refractivity contribution in [2.45, 2.75) is 45.4 Å². The Balaban J connectivity index is 2.91. The molecule has 4 nitrogen and oxygen atoms in total. The number of nitrogens with one attached hydrogen (secondary N) is 1. The Labute approximate surface area is 81.7 Å². The van der Waals surface area contributed by atoms with Gasteiger partial charge in [-0.15, -0.1) is 0 Å². The Bertz CT molecular complexity index is 163. The van der Waals surface area contributed by atoms with E-state index in [1.807, 2.05) is 4.89 Å². The molecule has 0 atom stereocenters. The van der Waals surface area contributed by atoms with Gasteiger partial charge in [-0.05, 0) is 6.42 Å². The maximum atomic E-state index is 9.97. The lowest BCUT2D eigenvalue weighted by Crippen LogP contribution is -2.12. The lowest BCUT2D eigenvalue weighted by atomic mass is 10.1. The van der Waals surface area contributed by atoms with Crippen molar-refractivity contribution in [2.24, 2.45) is 0 Å².